The topological polar surface area (TPSA) is 126 Å². The van der Waals surface area contributed by atoms with Crippen molar-refractivity contribution in [3.05, 3.63) is 52.5 Å². The minimum atomic E-state index is -3.49. The number of nitriles is 1. The maximum absolute atomic E-state index is 12.0. The number of aryl methyl sites for hydroxylation is 2. The highest BCUT2D eigenvalue weighted by Crippen LogP contribution is 2.43. The van der Waals surface area contributed by atoms with Crippen LogP contribution in [0.1, 0.15) is 22.7 Å². The van der Waals surface area contributed by atoms with E-state index in [2.05, 4.69) is 15.9 Å². The number of benzene rings is 1. The minimum Gasteiger partial charge on any atom is -0.422 e. The zero-order valence-electron chi connectivity index (χ0n) is 14.8. The second-order valence-electron chi connectivity index (χ2n) is 6.42. The van der Waals surface area contributed by atoms with Crippen LogP contribution in [0, 0.1) is 18.3 Å². The third-order valence-corrected chi connectivity index (χ3v) is 6.33. The lowest BCUT2D eigenvalue weighted by Gasteiger charge is -2.25. The summed E-state index contributed by atoms with van der Waals surface area (Å²) in [7, 11) is -1.73. The van der Waals surface area contributed by atoms with Crippen molar-refractivity contribution in [2.45, 2.75) is 12.8 Å². The van der Waals surface area contributed by atoms with Crippen LogP contribution >= 0.6 is 0 Å². The first-order chi connectivity index (χ1) is 12.8. The maximum atomic E-state index is 12.0. The van der Waals surface area contributed by atoms with Crippen molar-refractivity contribution < 1.29 is 13.2 Å². The Bertz CT molecular complexity index is 1090. The molecule has 140 valence electrons. The largest absolute Gasteiger partial charge is 0.422 e. The van der Waals surface area contributed by atoms with E-state index in [9.17, 15) is 13.7 Å². The number of rotatable bonds is 2. The van der Waals surface area contributed by atoms with Gasteiger partial charge >= 0.3 is 10.2 Å². The van der Waals surface area contributed by atoms with E-state index >= 15 is 0 Å². The Morgan fingerprint density at radius 2 is 2.07 bits per heavy atom. The monoisotopic (exact) mass is 386 g/mol. The Morgan fingerprint density at radius 3 is 2.67 bits per heavy atom. The molecule has 4 rings (SSSR count). The molecule has 1 aromatic heterocycles. The van der Waals surface area contributed by atoms with Gasteiger partial charge in [-0.15, -0.1) is 0 Å². The molecule has 2 aliphatic rings. The molecule has 1 unspecified atom stereocenters. The van der Waals surface area contributed by atoms with E-state index in [1.54, 1.807) is 36.0 Å². The quantitative estimate of drug-likeness (QED) is 0.778. The molecular formula is C17H18N6O3S. The lowest BCUT2D eigenvalue weighted by atomic mass is 9.84. The number of aromatic nitrogens is 2. The summed E-state index contributed by atoms with van der Waals surface area (Å²) in [5, 5.41) is 14.0. The van der Waals surface area contributed by atoms with E-state index in [1.165, 1.54) is 4.31 Å². The molecule has 2 aromatic rings. The van der Waals surface area contributed by atoms with Gasteiger partial charge in [0.1, 0.15) is 11.6 Å². The number of hydrogen-bond acceptors (Lipinski definition) is 6. The number of nitrogens with two attached hydrogens (primary N) is 1. The molecule has 0 aliphatic carbocycles. The minimum absolute atomic E-state index is 0.0494. The van der Waals surface area contributed by atoms with Gasteiger partial charge < -0.3 is 10.5 Å². The number of anilines is 1. The van der Waals surface area contributed by atoms with Crippen LogP contribution in [-0.2, 0) is 17.3 Å². The summed E-state index contributed by atoms with van der Waals surface area (Å²) in [4.78, 5) is 0. The molecule has 0 amide bonds. The van der Waals surface area contributed by atoms with Crippen molar-refractivity contribution in [1.82, 2.24) is 14.5 Å². The summed E-state index contributed by atoms with van der Waals surface area (Å²) in [5.74, 6) is 0.132. The second kappa shape index (κ2) is 6.00. The fourth-order valence-electron chi connectivity index (χ4n) is 3.58. The number of hydrogen-bond donors (Lipinski definition) is 2. The van der Waals surface area contributed by atoms with E-state index in [1.807, 2.05) is 6.92 Å². The molecule has 0 bridgehead atoms. The van der Waals surface area contributed by atoms with Crippen molar-refractivity contribution in [2.24, 2.45) is 12.8 Å². The summed E-state index contributed by atoms with van der Waals surface area (Å²) in [5.41, 5.74) is 9.18. The summed E-state index contributed by atoms with van der Waals surface area (Å²) < 4.78 is 35.0. The van der Waals surface area contributed by atoms with Crippen molar-refractivity contribution in [3.8, 4) is 11.9 Å². The van der Waals surface area contributed by atoms with Gasteiger partial charge in [-0.1, -0.05) is 12.1 Å². The predicted molar refractivity (Wildman–Crippen MR) is 98.0 cm³/mol. The van der Waals surface area contributed by atoms with Crippen LogP contribution in [0.3, 0.4) is 0 Å². The van der Waals surface area contributed by atoms with Crippen molar-refractivity contribution in [3.63, 3.8) is 0 Å². The normalized spacial score (nSPS) is 20.9. The standard InChI is InChI=1S/C17H18N6O3S/c1-10-14-15(13(9-18)16(19)26-17(14)22(2)21-10)11-3-5-12(6-4-11)23-8-7-20-27(23,24)25/h3-6,15,20H,7-8,19H2,1-2H3. The molecule has 0 spiro atoms. The van der Waals surface area contributed by atoms with Crippen LogP contribution in [0.25, 0.3) is 0 Å². The van der Waals surface area contributed by atoms with Gasteiger partial charge in [0.25, 0.3) is 0 Å². The first-order valence-corrected chi connectivity index (χ1v) is 9.76. The van der Waals surface area contributed by atoms with Crippen LogP contribution in [0.5, 0.6) is 5.88 Å². The van der Waals surface area contributed by atoms with Crippen LogP contribution in [-0.4, -0.2) is 31.3 Å². The number of fused-ring (bicyclic) bond motifs is 1. The van der Waals surface area contributed by atoms with Gasteiger partial charge in [-0.05, 0) is 24.6 Å². The molecule has 10 heteroatoms. The first kappa shape index (κ1) is 17.4. The zero-order valence-corrected chi connectivity index (χ0v) is 15.6. The van der Waals surface area contributed by atoms with Gasteiger partial charge in [0, 0.05) is 20.1 Å². The molecule has 2 aliphatic heterocycles. The van der Waals surface area contributed by atoms with E-state index < -0.39 is 16.1 Å². The highest BCUT2D eigenvalue weighted by atomic mass is 32.2. The number of nitrogens with one attached hydrogen (secondary N) is 1. The SMILES string of the molecule is Cc1nn(C)c2c1C(c1ccc(N3CCNS3(=O)=O)cc1)C(C#N)=C(N)O2. The van der Waals surface area contributed by atoms with Crippen molar-refractivity contribution in [1.29, 1.82) is 5.26 Å². The molecule has 9 nitrogen and oxygen atoms in total. The number of nitrogens with zero attached hydrogens (tertiary/aromatic N) is 4. The first-order valence-electron chi connectivity index (χ1n) is 8.32. The van der Waals surface area contributed by atoms with Crippen LogP contribution in [0.2, 0.25) is 0 Å². The number of allylic oxidation sites excluding steroid dienone is 1. The molecule has 0 radical (unpaired) electrons. The highest BCUT2D eigenvalue weighted by Gasteiger charge is 2.35. The number of ether oxygens (including phenoxy) is 1. The van der Waals surface area contributed by atoms with Gasteiger partial charge in [0.15, 0.2) is 0 Å². The van der Waals surface area contributed by atoms with E-state index in [0.717, 1.165) is 16.8 Å². The summed E-state index contributed by atoms with van der Waals surface area (Å²) in [6, 6.07) is 9.21. The highest BCUT2D eigenvalue weighted by molar-refractivity contribution is 7.91. The Balaban J connectivity index is 1.80. The Labute approximate surface area is 156 Å². The van der Waals surface area contributed by atoms with Crippen molar-refractivity contribution >= 4 is 15.9 Å². The lowest BCUT2D eigenvalue weighted by molar-refractivity contribution is 0.358. The smallest absolute Gasteiger partial charge is 0.301 e. The summed E-state index contributed by atoms with van der Waals surface area (Å²) >= 11 is 0. The van der Waals surface area contributed by atoms with E-state index in [-0.39, 0.29) is 5.88 Å². The third kappa shape index (κ3) is 2.63. The van der Waals surface area contributed by atoms with Gasteiger partial charge in [-0.2, -0.15) is 23.5 Å². The lowest BCUT2D eigenvalue weighted by Crippen LogP contribution is -2.29. The average Bonchev–Trinajstić information content (AvgIpc) is 3.12. The molecule has 0 saturated carbocycles. The van der Waals surface area contributed by atoms with Crippen LogP contribution in [0.15, 0.2) is 35.7 Å². The van der Waals surface area contributed by atoms with Gasteiger partial charge in [0.2, 0.25) is 11.8 Å². The second-order valence-corrected chi connectivity index (χ2v) is 8.10. The average molecular weight is 386 g/mol. The van der Waals surface area contributed by atoms with E-state index in [0.29, 0.717) is 30.2 Å². The summed E-state index contributed by atoms with van der Waals surface area (Å²) in [6.07, 6.45) is 0. The Kier molecular flexibility index (Phi) is 3.87. The molecule has 27 heavy (non-hydrogen) atoms. The third-order valence-electron chi connectivity index (χ3n) is 4.79. The Hall–Kier alpha value is -3.03. The van der Waals surface area contributed by atoms with Crippen LogP contribution < -0.4 is 19.5 Å². The van der Waals surface area contributed by atoms with E-state index in [4.69, 9.17) is 10.5 Å². The fraction of sp³-hybridized carbons (Fsp3) is 0.294. The van der Waals surface area contributed by atoms with Crippen LogP contribution in [0.4, 0.5) is 5.69 Å². The van der Waals surface area contributed by atoms with Crippen molar-refractivity contribution in [2.75, 3.05) is 17.4 Å². The molecular weight excluding hydrogens is 368 g/mol. The zero-order chi connectivity index (χ0) is 19.3. The Morgan fingerprint density at radius 1 is 1.37 bits per heavy atom. The maximum Gasteiger partial charge on any atom is 0.301 e. The molecule has 1 atom stereocenters. The molecule has 1 saturated heterocycles. The predicted octanol–water partition coefficient (Wildman–Crippen LogP) is 0.601. The van der Waals surface area contributed by atoms with Gasteiger partial charge in [-0.25, -0.2) is 4.68 Å². The molecule has 1 aromatic carbocycles. The fourth-order valence-corrected chi connectivity index (χ4v) is 4.82. The van der Waals surface area contributed by atoms with Gasteiger partial charge in [-0.3, -0.25) is 4.31 Å². The van der Waals surface area contributed by atoms with Gasteiger partial charge in [0.05, 0.1) is 22.9 Å². The molecule has 3 N–H and O–H groups in total. The summed E-state index contributed by atoms with van der Waals surface area (Å²) in [6.45, 7) is 2.60. The molecule has 3 heterocycles. The molecule has 1 fully saturated rings.